The molecule has 0 amide bonds. The van der Waals surface area contributed by atoms with Crippen LogP contribution in [0.5, 0.6) is 0 Å². The fraction of sp³-hybridized carbons (Fsp3) is 0.917. The fourth-order valence-corrected chi connectivity index (χ4v) is 2.78. The first-order chi connectivity index (χ1) is 7.65. The second-order valence-corrected chi connectivity index (χ2v) is 4.96. The Morgan fingerprint density at radius 1 is 1.50 bits per heavy atom. The van der Waals surface area contributed by atoms with Crippen LogP contribution in [-0.2, 0) is 9.53 Å². The van der Waals surface area contributed by atoms with Crippen molar-refractivity contribution in [1.82, 2.24) is 4.90 Å². The van der Waals surface area contributed by atoms with Crippen LogP contribution in [0.1, 0.15) is 26.7 Å². The smallest absolute Gasteiger partial charge is 0.310 e. The van der Waals surface area contributed by atoms with E-state index >= 15 is 0 Å². The van der Waals surface area contributed by atoms with Gasteiger partial charge in [0, 0.05) is 12.1 Å². The number of carboxylic acid groups (broad SMARTS) is 1. The van der Waals surface area contributed by atoms with Crippen molar-refractivity contribution in [2.45, 2.75) is 38.8 Å². The normalized spacial score (nSPS) is 31.9. The minimum absolute atomic E-state index is 0.0677. The van der Waals surface area contributed by atoms with E-state index in [-0.39, 0.29) is 12.0 Å². The SMILES string of the molecule is CCN(C(C)C1CC1)C1COCC1C(=O)O. The van der Waals surface area contributed by atoms with E-state index in [0.29, 0.717) is 19.3 Å². The van der Waals surface area contributed by atoms with Crippen molar-refractivity contribution in [3.8, 4) is 0 Å². The number of ether oxygens (including phenoxy) is 1. The first-order valence-corrected chi connectivity index (χ1v) is 6.21. The molecule has 92 valence electrons. The van der Waals surface area contributed by atoms with Gasteiger partial charge >= 0.3 is 5.97 Å². The summed E-state index contributed by atoms with van der Waals surface area (Å²) in [5, 5.41) is 9.16. The summed E-state index contributed by atoms with van der Waals surface area (Å²) in [6, 6.07) is 0.566. The Morgan fingerprint density at radius 2 is 2.19 bits per heavy atom. The van der Waals surface area contributed by atoms with Gasteiger partial charge in [-0.25, -0.2) is 0 Å². The molecular formula is C12H21NO3. The Bertz CT molecular complexity index is 265. The molecule has 1 saturated heterocycles. The third-order valence-electron chi connectivity index (χ3n) is 3.99. The number of aliphatic carboxylic acids is 1. The summed E-state index contributed by atoms with van der Waals surface area (Å²) in [6.07, 6.45) is 2.59. The minimum Gasteiger partial charge on any atom is -0.481 e. The van der Waals surface area contributed by atoms with Crippen molar-refractivity contribution >= 4 is 5.97 Å². The van der Waals surface area contributed by atoms with Crippen LogP contribution in [0.25, 0.3) is 0 Å². The first kappa shape index (κ1) is 11.9. The molecule has 0 aromatic heterocycles. The minimum atomic E-state index is -0.719. The second kappa shape index (κ2) is 4.72. The van der Waals surface area contributed by atoms with Crippen molar-refractivity contribution in [1.29, 1.82) is 0 Å². The van der Waals surface area contributed by atoms with Crippen LogP contribution in [0.2, 0.25) is 0 Å². The quantitative estimate of drug-likeness (QED) is 0.767. The zero-order valence-corrected chi connectivity index (χ0v) is 10.1. The molecule has 1 aliphatic heterocycles. The van der Waals surface area contributed by atoms with Crippen molar-refractivity contribution in [2.24, 2.45) is 11.8 Å². The molecule has 0 radical (unpaired) electrons. The Kier molecular flexibility index (Phi) is 3.50. The third-order valence-corrected chi connectivity index (χ3v) is 3.99. The van der Waals surface area contributed by atoms with E-state index in [1.165, 1.54) is 12.8 Å². The van der Waals surface area contributed by atoms with Crippen LogP contribution in [0.15, 0.2) is 0 Å². The van der Waals surface area contributed by atoms with Gasteiger partial charge in [-0.05, 0) is 32.2 Å². The van der Waals surface area contributed by atoms with Crippen molar-refractivity contribution in [3.63, 3.8) is 0 Å². The lowest BCUT2D eigenvalue weighted by Crippen LogP contribution is -2.48. The second-order valence-electron chi connectivity index (χ2n) is 4.96. The summed E-state index contributed by atoms with van der Waals surface area (Å²) < 4.78 is 5.34. The molecular weight excluding hydrogens is 206 g/mol. The summed E-state index contributed by atoms with van der Waals surface area (Å²) in [5.74, 6) is -0.292. The molecule has 3 unspecified atom stereocenters. The Balaban J connectivity index is 2.04. The summed E-state index contributed by atoms with van der Waals surface area (Å²) >= 11 is 0. The van der Waals surface area contributed by atoms with Crippen LogP contribution in [0.3, 0.4) is 0 Å². The highest BCUT2D eigenvalue weighted by Crippen LogP contribution is 2.37. The molecule has 1 saturated carbocycles. The molecule has 0 bridgehead atoms. The lowest BCUT2D eigenvalue weighted by atomic mass is 9.99. The highest BCUT2D eigenvalue weighted by Gasteiger charge is 2.42. The molecule has 16 heavy (non-hydrogen) atoms. The number of rotatable bonds is 5. The summed E-state index contributed by atoms with van der Waals surface area (Å²) in [5.41, 5.74) is 0. The first-order valence-electron chi connectivity index (χ1n) is 6.21. The average Bonchev–Trinajstić information content (AvgIpc) is 2.99. The topological polar surface area (TPSA) is 49.8 Å². The Morgan fingerprint density at radius 3 is 2.69 bits per heavy atom. The molecule has 4 nitrogen and oxygen atoms in total. The highest BCUT2D eigenvalue weighted by molar-refractivity contribution is 5.71. The molecule has 1 N–H and O–H groups in total. The van der Waals surface area contributed by atoms with Crippen LogP contribution < -0.4 is 0 Å². The molecule has 1 heterocycles. The zero-order chi connectivity index (χ0) is 11.7. The van der Waals surface area contributed by atoms with E-state index in [4.69, 9.17) is 9.84 Å². The van der Waals surface area contributed by atoms with Crippen molar-refractivity contribution in [2.75, 3.05) is 19.8 Å². The number of nitrogens with zero attached hydrogens (tertiary/aromatic N) is 1. The van der Waals surface area contributed by atoms with Crippen LogP contribution >= 0.6 is 0 Å². The number of hydrogen-bond acceptors (Lipinski definition) is 3. The van der Waals surface area contributed by atoms with Crippen molar-refractivity contribution in [3.05, 3.63) is 0 Å². The van der Waals surface area contributed by atoms with Gasteiger partial charge in [-0.2, -0.15) is 0 Å². The lowest BCUT2D eigenvalue weighted by molar-refractivity contribution is -0.143. The number of hydrogen-bond donors (Lipinski definition) is 1. The van der Waals surface area contributed by atoms with E-state index in [0.717, 1.165) is 12.5 Å². The maximum Gasteiger partial charge on any atom is 0.310 e. The van der Waals surface area contributed by atoms with Crippen LogP contribution in [-0.4, -0.2) is 47.8 Å². The Labute approximate surface area is 96.6 Å². The van der Waals surface area contributed by atoms with Gasteiger partial charge in [-0.3, -0.25) is 9.69 Å². The molecule has 4 heteroatoms. The molecule has 2 rings (SSSR count). The van der Waals surface area contributed by atoms with Crippen LogP contribution in [0.4, 0.5) is 0 Å². The van der Waals surface area contributed by atoms with Gasteiger partial charge in [0.2, 0.25) is 0 Å². The molecule has 2 aliphatic rings. The molecule has 0 aromatic rings. The summed E-state index contributed by atoms with van der Waals surface area (Å²) in [6.45, 7) is 6.18. The largest absolute Gasteiger partial charge is 0.481 e. The Hall–Kier alpha value is -0.610. The molecule has 1 aliphatic carbocycles. The van der Waals surface area contributed by atoms with Gasteiger partial charge in [-0.1, -0.05) is 6.92 Å². The summed E-state index contributed by atoms with van der Waals surface area (Å²) in [7, 11) is 0. The molecule has 0 spiro atoms. The van der Waals surface area contributed by atoms with Gasteiger partial charge < -0.3 is 9.84 Å². The van der Waals surface area contributed by atoms with E-state index in [1.54, 1.807) is 0 Å². The monoisotopic (exact) mass is 227 g/mol. The number of carboxylic acids is 1. The van der Waals surface area contributed by atoms with Gasteiger partial charge in [0.1, 0.15) is 0 Å². The van der Waals surface area contributed by atoms with E-state index < -0.39 is 5.97 Å². The zero-order valence-electron chi connectivity index (χ0n) is 10.1. The highest BCUT2D eigenvalue weighted by atomic mass is 16.5. The fourth-order valence-electron chi connectivity index (χ4n) is 2.78. The molecule has 0 aromatic carbocycles. The van der Waals surface area contributed by atoms with Gasteiger partial charge in [0.15, 0.2) is 0 Å². The van der Waals surface area contributed by atoms with E-state index in [2.05, 4.69) is 18.7 Å². The molecule has 2 fully saturated rings. The average molecular weight is 227 g/mol. The van der Waals surface area contributed by atoms with E-state index in [9.17, 15) is 4.79 Å². The predicted octanol–water partition coefficient (Wildman–Crippen LogP) is 1.21. The standard InChI is InChI=1S/C12H21NO3/c1-3-13(8(2)9-4-5-9)11-7-16-6-10(11)12(14)15/h8-11H,3-7H2,1-2H3,(H,14,15). The van der Waals surface area contributed by atoms with Crippen LogP contribution in [0, 0.1) is 11.8 Å². The third kappa shape index (κ3) is 2.23. The van der Waals surface area contributed by atoms with Gasteiger partial charge in [0.05, 0.1) is 19.1 Å². The van der Waals surface area contributed by atoms with Gasteiger partial charge in [0.25, 0.3) is 0 Å². The van der Waals surface area contributed by atoms with E-state index in [1.807, 2.05) is 0 Å². The van der Waals surface area contributed by atoms with Gasteiger partial charge in [-0.15, -0.1) is 0 Å². The maximum atomic E-state index is 11.1. The number of likely N-dealkylation sites (N-methyl/N-ethyl adjacent to an activating group) is 1. The predicted molar refractivity (Wildman–Crippen MR) is 60.3 cm³/mol. The molecule has 3 atom stereocenters. The van der Waals surface area contributed by atoms with Crippen molar-refractivity contribution < 1.29 is 14.6 Å². The number of carbonyl (C=O) groups is 1. The summed E-state index contributed by atoms with van der Waals surface area (Å²) in [4.78, 5) is 13.5. The lowest BCUT2D eigenvalue weighted by Gasteiger charge is -2.34. The maximum absolute atomic E-state index is 11.1.